The van der Waals surface area contributed by atoms with Crippen molar-refractivity contribution in [1.29, 1.82) is 0 Å². The summed E-state index contributed by atoms with van der Waals surface area (Å²) in [5, 5.41) is 18.0. The van der Waals surface area contributed by atoms with E-state index in [0.29, 0.717) is 0 Å². The van der Waals surface area contributed by atoms with Gasteiger partial charge in [-0.1, -0.05) is 0 Å². The highest BCUT2D eigenvalue weighted by atomic mass is 79.9. The highest BCUT2D eigenvalue weighted by Gasteiger charge is 2.32. The second-order valence-corrected chi connectivity index (χ2v) is 3.57. The zero-order chi connectivity index (χ0) is 9.46. The van der Waals surface area contributed by atoms with Crippen LogP contribution in [-0.4, -0.2) is 21.8 Å². The Balaban J connectivity index is 3.32. The van der Waals surface area contributed by atoms with Gasteiger partial charge in [0.15, 0.2) is 11.5 Å². The van der Waals surface area contributed by atoms with E-state index in [0.717, 1.165) is 0 Å². The largest absolute Gasteiger partial charge is 0.503 e. The SMILES string of the molecule is O=C1C(O)=C(Br)C(=O)C(O)=C1Br. The third-order valence-corrected chi connectivity index (χ3v) is 2.72. The summed E-state index contributed by atoms with van der Waals surface area (Å²) >= 11 is 5.34. The zero-order valence-electron chi connectivity index (χ0n) is 5.47. The van der Waals surface area contributed by atoms with Crippen LogP contribution in [0, 0.1) is 0 Å². The molecule has 1 aliphatic rings. The number of ketones is 2. The van der Waals surface area contributed by atoms with E-state index >= 15 is 0 Å². The van der Waals surface area contributed by atoms with E-state index in [-0.39, 0.29) is 8.96 Å². The molecule has 0 unspecified atom stereocenters. The van der Waals surface area contributed by atoms with E-state index in [4.69, 9.17) is 10.2 Å². The molecule has 6 heteroatoms. The topological polar surface area (TPSA) is 74.6 Å². The van der Waals surface area contributed by atoms with Crippen LogP contribution in [0.4, 0.5) is 0 Å². The summed E-state index contributed by atoms with van der Waals surface area (Å²) in [6.07, 6.45) is 0. The summed E-state index contributed by atoms with van der Waals surface area (Å²) in [4.78, 5) is 21.9. The van der Waals surface area contributed by atoms with Crippen molar-refractivity contribution < 1.29 is 19.8 Å². The Kier molecular flexibility index (Phi) is 2.39. The third-order valence-electron chi connectivity index (χ3n) is 1.24. The van der Waals surface area contributed by atoms with Crippen LogP contribution in [0.2, 0.25) is 0 Å². The smallest absolute Gasteiger partial charge is 0.239 e. The van der Waals surface area contributed by atoms with E-state index in [1.807, 2.05) is 0 Å². The molecule has 0 saturated heterocycles. The molecular weight excluding hydrogens is 296 g/mol. The Morgan fingerprint density at radius 1 is 0.833 bits per heavy atom. The molecule has 1 rings (SSSR count). The minimum atomic E-state index is -0.820. The lowest BCUT2D eigenvalue weighted by Crippen LogP contribution is -2.19. The number of aliphatic hydroxyl groups is 2. The fourth-order valence-electron chi connectivity index (χ4n) is 0.622. The molecule has 0 aromatic carbocycles. The number of Topliss-reactive ketones (excluding diaryl/α,β-unsaturated/α-hetero) is 2. The van der Waals surface area contributed by atoms with E-state index in [1.54, 1.807) is 0 Å². The number of hydrogen-bond donors (Lipinski definition) is 2. The van der Waals surface area contributed by atoms with Gasteiger partial charge in [-0.05, 0) is 31.9 Å². The van der Waals surface area contributed by atoms with Gasteiger partial charge in [-0.25, -0.2) is 0 Å². The summed E-state index contributed by atoms with van der Waals surface area (Å²) < 4.78 is -0.651. The maximum Gasteiger partial charge on any atom is 0.239 e. The van der Waals surface area contributed by atoms with Gasteiger partial charge in [0.2, 0.25) is 11.6 Å². The van der Waals surface area contributed by atoms with Crippen LogP contribution < -0.4 is 0 Å². The molecule has 1 aliphatic carbocycles. The maximum atomic E-state index is 10.9. The molecule has 0 radical (unpaired) electrons. The number of rotatable bonds is 0. The minimum absolute atomic E-state index is 0.326. The first-order valence-electron chi connectivity index (χ1n) is 2.73. The van der Waals surface area contributed by atoms with Crippen molar-refractivity contribution in [3.8, 4) is 0 Å². The highest BCUT2D eigenvalue weighted by Crippen LogP contribution is 2.28. The predicted octanol–water partition coefficient (Wildman–Crippen LogP) is 1.47. The van der Waals surface area contributed by atoms with Crippen LogP contribution in [0.1, 0.15) is 0 Å². The van der Waals surface area contributed by atoms with Crippen molar-refractivity contribution >= 4 is 43.4 Å². The van der Waals surface area contributed by atoms with Crippen LogP contribution in [0.25, 0.3) is 0 Å². The second kappa shape index (κ2) is 3.02. The summed E-state index contributed by atoms with van der Waals surface area (Å²) in [6, 6.07) is 0. The molecule has 64 valence electrons. The molecule has 0 aliphatic heterocycles. The van der Waals surface area contributed by atoms with Gasteiger partial charge >= 0.3 is 0 Å². The normalized spacial score (nSPS) is 19.2. The molecule has 0 saturated carbocycles. The molecule has 0 heterocycles. The Morgan fingerprint density at radius 3 is 1.33 bits per heavy atom. The summed E-state index contributed by atoms with van der Waals surface area (Å²) in [5.74, 6) is -3.05. The minimum Gasteiger partial charge on any atom is -0.503 e. The monoisotopic (exact) mass is 296 g/mol. The molecule has 0 aromatic rings. The van der Waals surface area contributed by atoms with Crippen LogP contribution in [-0.2, 0) is 9.59 Å². The van der Waals surface area contributed by atoms with Gasteiger partial charge in [0, 0.05) is 0 Å². The zero-order valence-corrected chi connectivity index (χ0v) is 8.64. The Labute approximate surface area is 83.8 Å². The van der Waals surface area contributed by atoms with Crippen LogP contribution in [0.3, 0.4) is 0 Å². The fourth-order valence-corrected chi connectivity index (χ4v) is 1.36. The average Bonchev–Trinajstić information content (AvgIpc) is 2.08. The number of carbonyl (C=O) groups is 2. The van der Waals surface area contributed by atoms with Gasteiger partial charge in [0.25, 0.3) is 0 Å². The summed E-state index contributed by atoms with van der Waals surface area (Å²) in [5.41, 5.74) is 0. The van der Waals surface area contributed by atoms with Crippen molar-refractivity contribution in [3.63, 3.8) is 0 Å². The van der Waals surface area contributed by atoms with Gasteiger partial charge in [-0.2, -0.15) is 0 Å². The van der Waals surface area contributed by atoms with Crippen molar-refractivity contribution in [2.75, 3.05) is 0 Å². The molecule has 0 fully saturated rings. The van der Waals surface area contributed by atoms with Crippen molar-refractivity contribution in [1.82, 2.24) is 0 Å². The van der Waals surface area contributed by atoms with E-state index in [2.05, 4.69) is 31.9 Å². The first-order chi connectivity index (χ1) is 5.46. The lowest BCUT2D eigenvalue weighted by Gasteiger charge is -2.09. The summed E-state index contributed by atoms with van der Waals surface area (Å²) in [7, 11) is 0. The van der Waals surface area contributed by atoms with E-state index in [9.17, 15) is 9.59 Å². The molecule has 2 N–H and O–H groups in total. The number of halogens is 2. The van der Waals surface area contributed by atoms with Gasteiger partial charge in [-0.15, -0.1) is 0 Å². The van der Waals surface area contributed by atoms with Gasteiger partial charge < -0.3 is 10.2 Å². The quantitative estimate of drug-likeness (QED) is 0.664. The van der Waals surface area contributed by atoms with Crippen LogP contribution in [0.15, 0.2) is 20.5 Å². The molecule has 0 amide bonds. The first kappa shape index (κ1) is 9.47. The fraction of sp³-hybridized carbons (Fsp3) is 0. The number of hydrogen-bond acceptors (Lipinski definition) is 4. The van der Waals surface area contributed by atoms with Crippen molar-refractivity contribution in [3.05, 3.63) is 20.5 Å². The number of aliphatic hydroxyl groups excluding tert-OH is 2. The predicted molar refractivity (Wildman–Crippen MR) is 47.2 cm³/mol. The van der Waals surface area contributed by atoms with Gasteiger partial charge in [-0.3, -0.25) is 9.59 Å². The summed E-state index contributed by atoms with van der Waals surface area (Å²) in [6.45, 7) is 0. The number of allylic oxidation sites excluding steroid dienone is 2. The Morgan fingerprint density at radius 2 is 1.08 bits per heavy atom. The molecule has 0 atom stereocenters. The average molecular weight is 298 g/mol. The van der Waals surface area contributed by atoms with Crippen molar-refractivity contribution in [2.45, 2.75) is 0 Å². The third kappa shape index (κ3) is 1.21. The van der Waals surface area contributed by atoms with Crippen molar-refractivity contribution in [2.24, 2.45) is 0 Å². The number of carbonyl (C=O) groups excluding carboxylic acids is 2. The Bertz CT molecular complexity index is 277. The van der Waals surface area contributed by atoms with E-state index < -0.39 is 23.1 Å². The first-order valence-corrected chi connectivity index (χ1v) is 4.32. The molecule has 0 bridgehead atoms. The lowest BCUT2D eigenvalue weighted by molar-refractivity contribution is -0.118. The molecule has 12 heavy (non-hydrogen) atoms. The highest BCUT2D eigenvalue weighted by molar-refractivity contribution is 9.12. The Hall–Kier alpha value is -0.620. The van der Waals surface area contributed by atoms with Crippen LogP contribution >= 0.6 is 31.9 Å². The molecule has 0 aromatic heterocycles. The standard InChI is InChI=1S/C6H2Br2O4/c7-1-3(9)5(11)2(8)6(12)4(1)10/h9,12H. The maximum absolute atomic E-state index is 10.9. The second-order valence-electron chi connectivity index (χ2n) is 1.98. The van der Waals surface area contributed by atoms with Crippen LogP contribution in [0.5, 0.6) is 0 Å². The lowest BCUT2D eigenvalue weighted by atomic mass is 10.1. The van der Waals surface area contributed by atoms with Gasteiger partial charge in [0.1, 0.15) is 8.96 Å². The van der Waals surface area contributed by atoms with Gasteiger partial charge in [0.05, 0.1) is 0 Å². The molecule has 4 nitrogen and oxygen atoms in total. The molecule has 0 spiro atoms. The van der Waals surface area contributed by atoms with E-state index in [1.165, 1.54) is 0 Å². The molecular formula is C6H2Br2O4.